The second kappa shape index (κ2) is 5.74. The highest BCUT2D eigenvalue weighted by Gasteiger charge is 2.20. The number of nitrogens with one attached hydrogen (secondary N) is 1. The summed E-state index contributed by atoms with van der Waals surface area (Å²) in [4.78, 5) is 9.96. The van der Waals surface area contributed by atoms with Crippen LogP contribution in [0.4, 0.5) is 20.2 Å². The third kappa shape index (κ3) is 3.50. The van der Waals surface area contributed by atoms with Gasteiger partial charge < -0.3 is 10.4 Å². The summed E-state index contributed by atoms with van der Waals surface area (Å²) < 4.78 is 24.1. The lowest BCUT2D eigenvalue weighted by atomic mass is 10.2. The smallest absolute Gasteiger partial charge is 0.293 e. The lowest BCUT2D eigenvalue weighted by Crippen LogP contribution is -2.27. The average molecular weight is 267 g/mol. The summed E-state index contributed by atoms with van der Waals surface area (Å²) in [5.74, 6) is 0. The highest BCUT2D eigenvalue weighted by Crippen LogP contribution is 2.31. The van der Waals surface area contributed by atoms with Gasteiger partial charge in [-0.1, -0.05) is 17.7 Å². The largest absolute Gasteiger partial charge is 0.385 e. The highest BCUT2D eigenvalue weighted by molar-refractivity contribution is 6.33. The Hall–Kier alpha value is -1.47. The number of rotatable bonds is 5. The highest BCUT2D eigenvalue weighted by atomic mass is 35.5. The molecule has 1 atom stereocenters. The first-order valence-electron chi connectivity index (χ1n) is 4.56. The van der Waals surface area contributed by atoms with Crippen LogP contribution in [0, 0.1) is 10.1 Å². The van der Waals surface area contributed by atoms with Crippen molar-refractivity contribution in [2.75, 3.05) is 11.9 Å². The molecule has 0 spiro atoms. The van der Waals surface area contributed by atoms with Gasteiger partial charge in [-0.25, -0.2) is 8.78 Å². The predicted molar refractivity (Wildman–Crippen MR) is 58.6 cm³/mol. The number of nitrogens with zero attached hydrogens (tertiary/aromatic N) is 1. The number of aliphatic hydroxyl groups excluding tert-OH is 1. The summed E-state index contributed by atoms with van der Waals surface area (Å²) in [5, 5.41) is 21.9. The van der Waals surface area contributed by atoms with Crippen molar-refractivity contribution in [3.8, 4) is 0 Å². The molecule has 0 heterocycles. The molecule has 0 aliphatic carbocycles. The Bertz CT molecular complexity index is 417. The summed E-state index contributed by atoms with van der Waals surface area (Å²) in [5.41, 5.74) is -0.419. The summed E-state index contributed by atoms with van der Waals surface area (Å²) >= 11 is 5.70. The van der Waals surface area contributed by atoms with Crippen molar-refractivity contribution in [3.05, 3.63) is 33.3 Å². The maximum Gasteiger partial charge on any atom is 0.293 e. The number of nitro groups is 1. The quantitative estimate of drug-likeness (QED) is 0.633. The predicted octanol–water partition coefficient (Wildman–Crippen LogP) is 2.29. The number of alkyl halides is 2. The molecule has 0 aliphatic heterocycles. The average Bonchev–Trinajstić information content (AvgIpc) is 2.26. The molecule has 0 saturated carbocycles. The fourth-order valence-electron chi connectivity index (χ4n) is 1.14. The Morgan fingerprint density at radius 1 is 1.53 bits per heavy atom. The first-order valence-corrected chi connectivity index (χ1v) is 4.94. The van der Waals surface area contributed by atoms with Crippen molar-refractivity contribution < 1.29 is 18.8 Å². The fourth-order valence-corrected chi connectivity index (χ4v) is 1.37. The number of halogens is 3. The van der Waals surface area contributed by atoms with E-state index in [0.29, 0.717) is 0 Å². The number of hydrogen-bond acceptors (Lipinski definition) is 4. The Morgan fingerprint density at radius 3 is 2.71 bits per heavy atom. The maximum atomic E-state index is 12.0. The third-order valence-corrected chi connectivity index (χ3v) is 2.28. The van der Waals surface area contributed by atoms with Gasteiger partial charge in [0.15, 0.2) is 0 Å². The van der Waals surface area contributed by atoms with Crippen LogP contribution in [0.5, 0.6) is 0 Å². The van der Waals surface area contributed by atoms with E-state index in [0.717, 1.165) is 0 Å². The third-order valence-electron chi connectivity index (χ3n) is 1.97. The van der Waals surface area contributed by atoms with Gasteiger partial charge in [0, 0.05) is 12.6 Å². The lowest BCUT2D eigenvalue weighted by molar-refractivity contribution is -0.384. The van der Waals surface area contributed by atoms with Crippen molar-refractivity contribution in [1.29, 1.82) is 0 Å². The SMILES string of the molecule is O=[N+]([O-])c1cccc(Cl)c1NCC(O)C(F)F. The van der Waals surface area contributed by atoms with Crippen molar-refractivity contribution in [3.63, 3.8) is 0 Å². The molecule has 2 N–H and O–H groups in total. The van der Waals surface area contributed by atoms with Crippen LogP contribution >= 0.6 is 11.6 Å². The summed E-state index contributed by atoms with van der Waals surface area (Å²) in [6.07, 6.45) is -4.84. The Labute approximate surface area is 100 Å². The van der Waals surface area contributed by atoms with E-state index in [-0.39, 0.29) is 16.4 Å². The molecule has 1 aromatic rings. The van der Waals surface area contributed by atoms with Crippen molar-refractivity contribution in [2.24, 2.45) is 0 Å². The summed E-state index contributed by atoms with van der Waals surface area (Å²) in [6.45, 7) is -0.526. The fraction of sp³-hybridized carbons (Fsp3) is 0.333. The number of nitro benzene ring substituents is 1. The van der Waals surface area contributed by atoms with Gasteiger partial charge in [-0.05, 0) is 6.07 Å². The molecule has 0 amide bonds. The molecule has 8 heteroatoms. The van der Waals surface area contributed by atoms with Gasteiger partial charge in [0.1, 0.15) is 11.8 Å². The number of benzene rings is 1. The maximum absolute atomic E-state index is 12.0. The molecule has 1 rings (SSSR count). The van der Waals surface area contributed by atoms with Crippen molar-refractivity contribution in [2.45, 2.75) is 12.5 Å². The summed E-state index contributed by atoms with van der Waals surface area (Å²) in [7, 11) is 0. The van der Waals surface area contributed by atoms with Gasteiger partial charge in [0.05, 0.1) is 9.95 Å². The van der Waals surface area contributed by atoms with Crippen molar-refractivity contribution in [1.82, 2.24) is 0 Å². The first kappa shape index (κ1) is 13.6. The van der Waals surface area contributed by atoms with E-state index in [4.69, 9.17) is 16.7 Å². The molecule has 1 aromatic carbocycles. The second-order valence-electron chi connectivity index (χ2n) is 3.17. The molecule has 0 aliphatic rings. The molecule has 0 bridgehead atoms. The van der Waals surface area contributed by atoms with Gasteiger partial charge in [0.2, 0.25) is 0 Å². The zero-order chi connectivity index (χ0) is 13.0. The van der Waals surface area contributed by atoms with Gasteiger partial charge >= 0.3 is 0 Å². The molecule has 0 fully saturated rings. The van der Waals surface area contributed by atoms with Gasteiger partial charge in [0.25, 0.3) is 12.1 Å². The van der Waals surface area contributed by atoms with Crippen LogP contribution in [0.1, 0.15) is 0 Å². The normalized spacial score (nSPS) is 12.5. The number of aliphatic hydroxyl groups is 1. The molecule has 0 radical (unpaired) electrons. The minimum absolute atomic E-state index is 0.0284. The van der Waals surface area contributed by atoms with Gasteiger partial charge in [-0.3, -0.25) is 10.1 Å². The Morgan fingerprint density at radius 2 is 2.18 bits per heavy atom. The molecule has 0 saturated heterocycles. The van der Waals surface area contributed by atoms with E-state index in [1.807, 2.05) is 0 Å². The van der Waals surface area contributed by atoms with Crippen LogP contribution in [0.2, 0.25) is 5.02 Å². The van der Waals surface area contributed by atoms with Gasteiger partial charge in [-0.15, -0.1) is 0 Å². The van der Waals surface area contributed by atoms with Crippen LogP contribution in [0.3, 0.4) is 0 Å². The van der Waals surface area contributed by atoms with E-state index in [9.17, 15) is 18.9 Å². The van der Waals surface area contributed by atoms with E-state index in [2.05, 4.69) is 5.32 Å². The second-order valence-corrected chi connectivity index (χ2v) is 3.58. The number of hydrogen-bond donors (Lipinski definition) is 2. The molecule has 17 heavy (non-hydrogen) atoms. The van der Waals surface area contributed by atoms with Crippen LogP contribution in [-0.4, -0.2) is 29.1 Å². The van der Waals surface area contributed by atoms with Crippen molar-refractivity contribution >= 4 is 23.0 Å². The van der Waals surface area contributed by atoms with E-state index in [1.165, 1.54) is 18.2 Å². The van der Waals surface area contributed by atoms with E-state index in [1.54, 1.807) is 0 Å². The van der Waals surface area contributed by atoms with Crippen LogP contribution in [0.15, 0.2) is 18.2 Å². The number of anilines is 1. The van der Waals surface area contributed by atoms with Crippen LogP contribution in [-0.2, 0) is 0 Å². The molecule has 5 nitrogen and oxygen atoms in total. The van der Waals surface area contributed by atoms with Crippen LogP contribution in [0.25, 0.3) is 0 Å². The topological polar surface area (TPSA) is 75.4 Å². The molecule has 0 aromatic heterocycles. The van der Waals surface area contributed by atoms with Crippen LogP contribution < -0.4 is 5.32 Å². The molecular weight excluding hydrogens is 258 g/mol. The molecular formula is C9H9ClF2N2O3. The molecule has 1 unspecified atom stereocenters. The monoisotopic (exact) mass is 266 g/mol. The minimum Gasteiger partial charge on any atom is -0.385 e. The Kier molecular flexibility index (Phi) is 4.59. The van der Waals surface area contributed by atoms with Gasteiger partial charge in [-0.2, -0.15) is 0 Å². The number of para-hydroxylation sites is 1. The zero-order valence-electron chi connectivity index (χ0n) is 8.44. The summed E-state index contributed by atoms with van der Waals surface area (Å²) in [6, 6.07) is 3.93. The van der Waals surface area contributed by atoms with E-state index >= 15 is 0 Å². The zero-order valence-corrected chi connectivity index (χ0v) is 9.19. The first-order chi connectivity index (χ1) is 7.93. The lowest BCUT2D eigenvalue weighted by Gasteiger charge is -2.12. The standard InChI is InChI=1S/C9H9ClF2N2O3/c10-5-2-1-3-6(14(16)17)8(5)13-4-7(15)9(11)12/h1-3,7,9,13,15H,4H2. The molecule has 94 valence electrons. The van der Waals surface area contributed by atoms with E-state index < -0.39 is 24.0 Å². The Balaban J connectivity index is 2.86. The minimum atomic E-state index is -2.93.